The number of nitrogens with one attached hydrogen (secondary N) is 1. The number of aromatic nitrogens is 1. The topological polar surface area (TPSA) is 141 Å². The van der Waals surface area contributed by atoms with Crippen molar-refractivity contribution in [2.24, 2.45) is 5.73 Å². The average molecular weight is 310 g/mol. The summed E-state index contributed by atoms with van der Waals surface area (Å²) in [7, 11) is -3.84. The second-order valence-electron chi connectivity index (χ2n) is 4.38. The molecule has 2 aromatic rings. The van der Waals surface area contributed by atoms with Gasteiger partial charge in [0, 0.05) is 11.6 Å². The second-order valence-corrected chi connectivity index (χ2v) is 6.11. The number of anilines is 1. The lowest BCUT2D eigenvalue weighted by atomic mass is 10.2. The van der Waals surface area contributed by atoms with Crippen LogP contribution in [0.3, 0.4) is 0 Å². The minimum Gasteiger partial charge on any atom is -0.398 e. The van der Waals surface area contributed by atoms with Crippen molar-refractivity contribution in [1.82, 2.24) is 9.88 Å². The number of carbonyl (C=O) groups is 1. The summed E-state index contributed by atoms with van der Waals surface area (Å²) >= 11 is 0. The predicted octanol–water partition coefficient (Wildman–Crippen LogP) is 0.143. The van der Waals surface area contributed by atoms with E-state index in [1.54, 1.807) is 13.0 Å². The standard InChI is InChI=1S/C12H14N4O4S/c1-7-4-9(20-16-7)6-15-21(18,19)11-3-2-8(12(14)17)5-10(11)13/h2-5,15H,6,13H2,1H3,(H2,14,17). The SMILES string of the molecule is Cc1cc(CNS(=O)(=O)c2ccc(C(N)=O)cc2N)on1. The lowest BCUT2D eigenvalue weighted by Crippen LogP contribution is -2.24. The number of rotatable bonds is 5. The number of nitrogens with zero attached hydrogens (tertiary/aromatic N) is 1. The maximum absolute atomic E-state index is 12.1. The quantitative estimate of drug-likeness (QED) is 0.671. The van der Waals surface area contributed by atoms with Crippen molar-refractivity contribution in [3.8, 4) is 0 Å². The lowest BCUT2D eigenvalue weighted by Gasteiger charge is -2.08. The zero-order valence-electron chi connectivity index (χ0n) is 11.2. The number of primary amides is 1. The van der Waals surface area contributed by atoms with Crippen LogP contribution < -0.4 is 16.2 Å². The summed E-state index contributed by atoms with van der Waals surface area (Å²) in [4.78, 5) is 10.9. The molecule has 0 aliphatic carbocycles. The van der Waals surface area contributed by atoms with Crippen molar-refractivity contribution in [1.29, 1.82) is 0 Å². The van der Waals surface area contributed by atoms with Crippen LogP contribution in [0.25, 0.3) is 0 Å². The first-order chi connectivity index (χ1) is 9.79. The monoisotopic (exact) mass is 310 g/mol. The largest absolute Gasteiger partial charge is 0.398 e. The van der Waals surface area contributed by atoms with Crippen molar-refractivity contribution >= 4 is 21.6 Å². The summed E-state index contributed by atoms with van der Waals surface area (Å²) in [6.45, 7) is 1.67. The lowest BCUT2D eigenvalue weighted by molar-refractivity contribution is 0.1000. The van der Waals surface area contributed by atoms with Crippen LogP contribution in [-0.2, 0) is 16.6 Å². The van der Waals surface area contributed by atoms with Crippen molar-refractivity contribution in [3.05, 3.63) is 41.3 Å². The zero-order chi connectivity index (χ0) is 15.6. The number of amides is 1. The highest BCUT2D eigenvalue weighted by Crippen LogP contribution is 2.20. The molecular weight excluding hydrogens is 296 g/mol. The molecule has 1 aromatic heterocycles. The normalized spacial score (nSPS) is 11.5. The molecule has 0 saturated heterocycles. The molecule has 112 valence electrons. The van der Waals surface area contributed by atoms with Gasteiger partial charge in [-0.25, -0.2) is 13.1 Å². The Balaban J connectivity index is 2.21. The highest BCUT2D eigenvalue weighted by atomic mass is 32.2. The first-order valence-corrected chi connectivity index (χ1v) is 7.39. The minimum absolute atomic E-state index is 0.0554. The number of benzene rings is 1. The van der Waals surface area contributed by atoms with Gasteiger partial charge in [-0.05, 0) is 25.1 Å². The van der Waals surface area contributed by atoms with E-state index in [-0.39, 0.29) is 22.7 Å². The third kappa shape index (κ3) is 3.38. The fraction of sp³-hybridized carbons (Fsp3) is 0.167. The van der Waals surface area contributed by atoms with Crippen LogP contribution in [0.2, 0.25) is 0 Å². The highest BCUT2D eigenvalue weighted by Gasteiger charge is 2.19. The van der Waals surface area contributed by atoms with Gasteiger partial charge in [-0.2, -0.15) is 0 Å². The number of carbonyl (C=O) groups excluding carboxylic acids is 1. The summed E-state index contributed by atoms with van der Waals surface area (Å²) in [6, 6.07) is 5.35. The first-order valence-electron chi connectivity index (χ1n) is 5.91. The Morgan fingerprint density at radius 3 is 2.62 bits per heavy atom. The van der Waals surface area contributed by atoms with E-state index < -0.39 is 15.9 Å². The molecule has 1 heterocycles. The number of hydrogen-bond acceptors (Lipinski definition) is 6. The molecule has 0 bridgehead atoms. The summed E-state index contributed by atoms with van der Waals surface area (Å²) in [5, 5.41) is 3.65. The van der Waals surface area contributed by atoms with Crippen LogP contribution in [0.5, 0.6) is 0 Å². The Kier molecular flexibility index (Phi) is 3.96. The molecule has 0 unspecified atom stereocenters. The van der Waals surface area contributed by atoms with Gasteiger partial charge in [0.15, 0.2) is 5.76 Å². The molecule has 2 rings (SSSR count). The molecule has 0 atom stereocenters. The summed E-state index contributed by atoms with van der Waals surface area (Å²) in [6.07, 6.45) is 0. The van der Waals surface area contributed by atoms with E-state index in [0.717, 1.165) is 0 Å². The third-order valence-corrected chi connectivity index (χ3v) is 4.17. The Labute approximate surface area is 121 Å². The molecule has 0 aliphatic rings. The predicted molar refractivity (Wildman–Crippen MR) is 74.6 cm³/mol. The van der Waals surface area contributed by atoms with Crippen LogP contribution in [0, 0.1) is 6.92 Å². The zero-order valence-corrected chi connectivity index (χ0v) is 12.0. The maximum atomic E-state index is 12.1. The van der Waals surface area contributed by atoms with Gasteiger partial charge in [0.25, 0.3) is 0 Å². The number of sulfonamides is 1. The van der Waals surface area contributed by atoms with Gasteiger partial charge < -0.3 is 16.0 Å². The Bertz CT molecular complexity index is 782. The molecular formula is C12H14N4O4S. The fourth-order valence-electron chi connectivity index (χ4n) is 1.69. The van der Waals surface area contributed by atoms with Crippen molar-refractivity contribution < 1.29 is 17.7 Å². The molecule has 0 spiro atoms. The van der Waals surface area contributed by atoms with E-state index in [4.69, 9.17) is 16.0 Å². The summed E-state index contributed by atoms with van der Waals surface area (Å²) in [5.74, 6) is -0.306. The van der Waals surface area contributed by atoms with Crippen LogP contribution in [0.1, 0.15) is 21.8 Å². The summed E-state index contributed by atoms with van der Waals surface area (Å²) < 4.78 is 31.5. The number of nitrogens with two attached hydrogens (primary N) is 2. The Hall–Kier alpha value is -2.39. The van der Waals surface area contributed by atoms with Crippen LogP contribution >= 0.6 is 0 Å². The van der Waals surface area contributed by atoms with Gasteiger partial charge in [0.2, 0.25) is 15.9 Å². The molecule has 21 heavy (non-hydrogen) atoms. The van der Waals surface area contributed by atoms with E-state index in [9.17, 15) is 13.2 Å². The van der Waals surface area contributed by atoms with E-state index in [2.05, 4.69) is 9.88 Å². The first kappa shape index (κ1) is 15.0. The van der Waals surface area contributed by atoms with Gasteiger partial charge in [-0.1, -0.05) is 5.16 Å². The van der Waals surface area contributed by atoms with Crippen molar-refractivity contribution in [2.75, 3.05) is 5.73 Å². The maximum Gasteiger partial charge on any atom is 0.248 e. The molecule has 0 fully saturated rings. The van der Waals surface area contributed by atoms with Gasteiger partial charge in [-0.3, -0.25) is 4.79 Å². The van der Waals surface area contributed by atoms with Crippen LogP contribution in [0.15, 0.2) is 33.7 Å². The molecule has 1 aromatic carbocycles. The second kappa shape index (κ2) is 5.54. The van der Waals surface area contributed by atoms with Gasteiger partial charge >= 0.3 is 0 Å². The van der Waals surface area contributed by atoms with Gasteiger partial charge in [0.1, 0.15) is 4.90 Å². The minimum atomic E-state index is -3.84. The molecule has 5 N–H and O–H groups in total. The van der Waals surface area contributed by atoms with E-state index in [1.807, 2.05) is 0 Å². The molecule has 0 radical (unpaired) electrons. The summed E-state index contributed by atoms with van der Waals surface area (Å²) in [5.41, 5.74) is 11.5. The highest BCUT2D eigenvalue weighted by molar-refractivity contribution is 7.89. The van der Waals surface area contributed by atoms with E-state index >= 15 is 0 Å². The van der Waals surface area contributed by atoms with Crippen molar-refractivity contribution in [3.63, 3.8) is 0 Å². The Morgan fingerprint density at radius 1 is 1.38 bits per heavy atom. The molecule has 8 nitrogen and oxygen atoms in total. The van der Waals surface area contributed by atoms with Crippen molar-refractivity contribution in [2.45, 2.75) is 18.4 Å². The fourth-order valence-corrected chi connectivity index (χ4v) is 2.79. The molecule has 0 saturated carbocycles. The Morgan fingerprint density at radius 2 is 2.10 bits per heavy atom. The number of nitrogen functional groups attached to an aromatic ring is 1. The molecule has 1 amide bonds. The van der Waals surface area contributed by atoms with Crippen LogP contribution in [0.4, 0.5) is 5.69 Å². The molecule has 0 aliphatic heterocycles. The van der Waals surface area contributed by atoms with Gasteiger partial charge in [0.05, 0.1) is 17.9 Å². The van der Waals surface area contributed by atoms with Crippen LogP contribution in [-0.4, -0.2) is 19.5 Å². The van der Waals surface area contributed by atoms with E-state index in [0.29, 0.717) is 11.5 Å². The third-order valence-electron chi connectivity index (χ3n) is 2.70. The van der Waals surface area contributed by atoms with Gasteiger partial charge in [-0.15, -0.1) is 0 Å². The smallest absolute Gasteiger partial charge is 0.248 e. The molecule has 9 heteroatoms. The number of aryl methyl sites for hydroxylation is 1. The van der Waals surface area contributed by atoms with E-state index in [1.165, 1.54) is 18.2 Å². The number of hydrogen-bond donors (Lipinski definition) is 3. The average Bonchev–Trinajstić information content (AvgIpc) is 2.82.